The van der Waals surface area contributed by atoms with E-state index in [4.69, 9.17) is 21.1 Å². The molecule has 0 saturated heterocycles. The number of nitrogens with zero attached hydrogens (tertiary/aromatic N) is 1. The Morgan fingerprint density at radius 2 is 1.83 bits per heavy atom. The molecule has 0 unspecified atom stereocenters. The third-order valence-corrected chi connectivity index (χ3v) is 6.08. The van der Waals surface area contributed by atoms with Crippen LogP contribution in [0.5, 0.6) is 0 Å². The molecule has 0 fully saturated rings. The quantitative estimate of drug-likeness (QED) is 0.225. The number of halogens is 2. The second kappa shape index (κ2) is 15.3. The Morgan fingerprint density at radius 3 is 2.54 bits per heavy atom. The van der Waals surface area contributed by atoms with Gasteiger partial charge in [0.25, 0.3) is 5.91 Å². The van der Waals surface area contributed by atoms with Gasteiger partial charge < -0.3 is 20.1 Å². The van der Waals surface area contributed by atoms with E-state index < -0.39 is 35.7 Å². The zero-order valence-corrected chi connectivity index (χ0v) is 23.1. The van der Waals surface area contributed by atoms with Gasteiger partial charge in [0.05, 0.1) is 30.4 Å². The number of rotatable bonds is 13. The number of nitriles is 1. The van der Waals surface area contributed by atoms with Gasteiger partial charge in [-0.15, -0.1) is 0 Å². The minimum Gasteiger partial charge on any atom is -0.458 e. The predicted octanol–water partition coefficient (Wildman–Crippen LogP) is 4.70. The van der Waals surface area contributed by atoms with Gasteiger partial charge >= 0.3 is 5.97 Å². The summed E-state index contributed by atoms with van der Waals surface area (Å²) < 4.78 is 25.0. The normalized spacial score (nSPS) is 12.0. The standard InChI is InChI=1S/C31H29ClFN3O5/c1-3-12-41-31(39)23-9-5-8-22(14-23)18-40-19-25(17-34)35-30(38)28(15-21-7-4-6-20(2)13-21)36-29(37)26-11-10-24(32)16-27(26)33/h3-11,13-14,16,25,28H,1,12,15,18-19H2,2H3,(H,35,38)(H,36,37)/t25-,28+/m1/s1. The van der Waals surface area contributed by atoms with Crippen LogP contribution in [0.4, 0.5) is 4.39 Å². The lowest BCUT2D eigenvalue weighted by atomic mass is 10.0. The lowest BCUT2D eigenvalue weighted by Crippen LogP contribution is -2.51. The first-order valence-electron chi connectivity index (χ1n) is 12.7. The van der Waals surface area contributed by atoms with Crippen LogP contribution >= 0.6 is 11.6 Å². The highest BCUT2D eigenvalue weighted by Crippen LogP contribution is 2.16. The maximum Gasteiger partial charge on any atom is 0.338 e. The molecule has 0 aliphatic rings. The molecule has 3 aromatic carbocycles. The van der Waals surface area contributed by atoms with Crippen molar-refractivity contribution in [2.45, 2.75) is 32.0 Å². The van der Waals surface area contributed by atoms with Gasteiger partial charge in [0.15, 0.2) is 0 Å². The summed E-state index contributed by atoms with van der Waals surface area (Å²) in [6.45, 7) is 5.39. The van der Waals surface area contributed by atoms with Gasteiger partial charge in [0.1, 0.15) is 24.5 Å². The van der Waals surface area contributed by atoms with Crippen molar-refractivity contribution < 1.29 is 28.2 Å². The summed E-state index contributed by atoms with van der Waals surface area (Å²) in [7, 11) is 0. The number of esters is 1. The summed E-state index contributed by atoms with van der Waals surface area (Å²) in [5.74, 6) is -2.78. The average Bonchev–Trinajstić information content (AvgIpc) is 2.95. The summed E-state index contributed by atoms with van der Waals surface area (Å²) in [5, 5.41) is 14.9. The van der Waals surface area contributed by atoms with Crippen molar-refractivity contribution in [3.63, 3.8) is 0 Å². The topological polar surface area (TPSA) is 118 Å². The summed E-state index contributed by atoms with van der Waals surface area (Å²) in [4.78, 5) is 38.2. The second-order valence-electron chi connectivity index (χ2n) is 9.14. The lowest BCUT2D eigenvalue weighted by Gasteiger charge is -2.21. The van der Waals surface area contributed by atoms with E-state index in [1.165, 1.54) is 18.2 Å². The van der Waals surface area contributed by atoms with Crippen molar-refractivity contribution in [2.75, 3.05) is 13.2 Å². The minimum absolute atomic E-state index is 0.0654. The van der Waals surface area contributed by atoms with Crippen molar-refractivity contribution in [2.24, 2.45) is 0 Å². The Kier molecular flexibility index (Phi) is 11.6. The van der Waals surface area contributed by atoms with Crippen LogP contribution in [-0.2, 0) is 27.3 Å². The number of nitrogens with one attached hydrogen (secondary N) is 2. The average molecular weight is 578 g/mol. The van der Waals surface area contributed by atoms with Gasteiger partial charge in [-0.25, -0.2) is 9.18 Å². The van der Waals surface area contributed by atoms with Crippen LogP contribution in [0.25, 0.3) is 0 Å². The van der Waals surface area contributed by atoms with Gasteiger partial charge in [0, 0.05) is 11.4 Å². The molecule has 0 radical (unpaired) electrons. The van der Waals surface area contributed by atoms with Crippen LogP contribution in [0.3, 0.4) is 0 Å². The van der Waals surface area contributed by atoms with Gasteiger partial charge in [-0.3, -0.25) is 9.59 Å². The van der Waals surface area contributed by atoms with E-state index in [1.54, 1.807) is 30.3 Å². The summed E-state index contributed by atoms with van der Waals surface area (Å²) in [5.41, 5.74) is 2.45. The number of benzene rings is 3. The van der Waals surface area contributed by atoms with E-state index in [9.17, 15) is 24.0 Å². The van der Waals surface area contributed by atoms with Crippen LogP contribution in [0.2, 0.25) is 5.02 Å². The molecule has 0 heterocycles. The van der Waals surface area contributed by atoms with E-state index in [1.807, 2.05) is 31.2 Å². The highest BCUT2D eigenvalue weighted by atomic mass is 35.5. The first kappa shape index (κ1) is 31.0. The van der Waals surface area contributed by atoms with Crippen LogP contribution < -0.4 is 10.6 Å². The lowest BCUT2D eigenvalue weighted by molar-refractivity contribution is -0.123. The van der Waals surface area contributed by atoms with Crippen molar-refractivity contribution in [3.05, 3.63) is 118 Å². The largest absolute Gasteiger partial charge is 0.458 e. The van der Waals surface area contributed by atoms with Crippen molar-refractivity contribution in [1.29, 1.82) is 5.26 Å². The maximum absolute atomic E-state index is 14.4. The van der Waals surface area contributed by atoms with E-state index in [0.717, 1.165) is 17.2 Å². The van der Waals surface area contributed by atoms with Crippen LogP contribution in [0.15, 0.2) is 79.4 Å². The van der Waals surface area contributed by atoms with Gasteiger partial charge in [-0.05, 0) is 48.4 Å². The Labute approximate surface area is 242 Å². The number of carbonyl (C=O) groups excluding carboxylic acids is 3. The van der Waals surface area contributed by atoms with E-state index in [0.29, 0.717) is 11.1 Å². The fourth-order valence-electron chi connectivity index (χ4n) is 3.88. The maximum atomic E-state index is 14.4. The molecule has 0 bridgehead atoms. The predicted molar refractivity (Wildman–Crippen MR) is 152 cm³/mol. The fraction of sp³-hybridized carbons (Fsp3) is 0.226. The molecular weight excluding hydrogens is 549 g/mol. The molecule has 0 aromatic heterocycles. The SMILES string of the molecule is C=CCOC(=O)c1cccc(COC[C@@H](C#N)NC(=O)[C@H](Cc2cccc(C)c2)NC(=O)c2ccc(Cl)cc2F)c1. The highest BCUT2D eigenvalue weighted by Gasteiger charge is 2.25. The zero-order chi connectivity index (χ0) is 29.8. The fourth-order valence-corrected chi connectivity index (χ4v) is 4.04. The van der Waals surface area contributed by atoms with E-state index in [-0.39, 0.29) is 36.8 Å². The number of hydrogen-bond acceptors (Lipinski definition) is 6. The van der Waals surface area contributed by atoms with E-state index >= 15 is 0 Å². The monoisotopic (exact) mass is 577 g/mol. The van der Waals surface area contributed by atoms with Crippen LogP contribution in [0.1, 0.15) is 37.4 Å². The second-order valence-corrected chi connectivity index (χ2v) is 9.57. The molecule has 2 amide bonds. The molecule has 2 N–H and O–H groups in total. The highest BCUT2D eigenvalue weighted by molar-refractivity contribution is 6.30. The van der Waals surface area contributed by atoms with E-state index in [2.05, 4.69) is 17.2 Å². The molecule has 0 aliphatic carbocycles. The molecule has 2 atom stereocenters. The van der Waals surface area contributed by atoms with Gasteiger partial charge in [-0.1, -0.05) is 66.2 Å². The number of amides is 2. The Morgan fingerprint density at radius 1 is 1.07 bits per heavy atom. The zero-order valence-electron chi connectivity index (χ0n) is 22.4. The molecular formula is C31H29ClFN3O5. The van der Waals surface area contributed by atoms with Gasteiger partial charge in [-0.2, -0.15) is 5.26 Å². The summed E-state index contributed by atoms with van der Waals surface area (Å²) >= 11 is 5.79. The van der Waals surface area contributed by atoms with Crippen molar-refractivity contribution in [3.8, 4) is 6.07 Å². The Bertz CT molecular complexity index is 1460. The Hall–Kier alpha value is -4.52. The molecule has 212 valence electrons. The first-order chi connectivity index (χ1) is 19.7. The molecule has 3 aromatic rings. The minimum atomic E-state index is -1.12. The molecule has 0 spiro atoms. The Balaban J connectivity index is 1.66. The molecule has 0 saturated carbocycles. The molecule has 10 heteroatoms. The van der Waals surface area contributed by atoms with Crippen LogP contribution in [-0.4, -0.2) is 43.1 Å². The van der Waals surface area contributed by atoms with Crippen LogP contribution in [0, 0.1) is 24.1 Å². The number of aryl methyl sites for hydroxylation is 1. The number of ether oxygens (including phenoxy) is 2. The third kappa shape index (κ3) is 9.57. The number of carbonyl (C=O) groups is 3. The van der Waals surface area contributed by atoms with Gasteiger partial charge in [0.2, 0.25) is 5.91 Å². The molecule has 8 nitrogen and oxygen atoms in total. The molecule has 41 heavy (non-hydrogen) atoms. The molecule has 3 rings (SSSR count). The summed E-state index contributed by atoms with van der Waals surface area (Å²) in [6, 6.07) is 17.4. The summed E-state index contributed by atoms with van der Waals surface area (Å²) in [6.07, 6.45) is 1.57. The first-order valence-corrected chi connectivity index (χ1v) is 13.0. The smallest absolute Gasteiger partial charge is 0.338 e. The van der Waals surface area contributed by atoms with Crippen molar-refractivity contribution >= 4 is 29.4 Å². The third-order valence-electron chi connectivity index (χ3n) is 5.84. The molecule has 0 aliphatic heterocycles. The number of hydrogen-bond donors (Lipinski definition) is 2. The van der Waals surface area contributed by atoms with Crippen molar-refractivity contribution in [1.82, 2.24) is 10.6 Å².